The van der Waals surface area contributed by atoms with Crippen LogP contribution in [-0.4, -0.2) is 71.2 Å². The van der Waals surface area contributed by atoms with Gasteiger partial charge in [-0.3, -0.25) is 19.2 Å². The van der Waals surface area contributed by atoms with E-state index < -0.39 is 35.0 Å². The van der Waals surface area contributed by atoms with Gasteiger partial charge in [-0.1, -0.05) is 35.9 Å². The molecule has 0 bridgehead atoms. The molecule has 0 aliphatic heterocycles. The summed E-state index contributed by atoms with van der Waals surface area (Å²) in [6.07, 6.45) is 8.42. The third kappa shape index (κ3) is 8.67. The Kier molecular flexibility index (Phi) is 11.9. The number of carbonyl (C=O) groups excluding carboxylic acids is 2. The number of nitrogens with zero attached hydrogens (tertiary/aromatic N) is 14. The van der Waals surface area contributed by atoms with Crippen molar-refractivity contribution in [2.24, 2.45) is 10.2 Å². The largest absolute Gasteiger partial charge is 0.324 e. The van der Waals surface area contributed by atoms with Crippen LogP contribution in [0.3, 0.4) is 0 Å². The van der Waals surface area contributed by atoms with E-state index in [-0.39, 0.29) is 79.1 Å². The maximum absolute atomic E-state index is 14.4. The van der Waals surface area contributed by atoms with Gasteiger partial charge in [0.05, 0.1) is 51.5 Å². The third-order valence-electron chi connectivity index (χ3n) is 9.96. The first-order valence-electron chi connectivity index (χ1n) is 19.9. The van der Waals surface area contributed by atoms with E-state index in [2.05, 4.69) is 86.6 Å². The number of fused-ring (bicyclic) bond motifs is 2. The van der Waals surface area contributed by atoms with E-state index in [4.69, 9.17) is 18.2 Å². The standard InChI is InChI=1S/C43H29ClN20O4/c1-22-17-30(56-41(68)33(35-54-28-12-6-4-10-25(28)39(66)58-35)59-61-36-23(19-45)20-51-63(36)42-47-13-7-14-48-42)26(44)18-29(22)55-40(67)32(34-53-27-11-5-3-9-24(27)38(65)57-34)60-62-37-31(46-2)21-52-64(37)43-49-15-8-16-50-43/h3-18,20-21,32-33,60,62H,1H3,(H,55,67)(H,56,68)(H,53,57,65)(H,54,58,66). The second-order valence-corrected chi connectivity index (χ2v) is 14.7. The zero-order valence-electron chi connectivity index (χ0n) is 34.8. The van der Waals surface area contributed by atoms with Gasteiger partial charge in [-0.25, -0.2) is 40.2 Å². The third-order valence-corrected chi connectivity index (χ3v) is 10.3. The predicted octanol–water partition coefficient (Wildman–Crippen LogP) is 5.26. The van der Waals surface area contributed by atoms with Crippen LogP contribution in [0.4, 0.5) is 28.7 Å². The molecule has 332 valence electrons. The van der Waals surface area contributed by atoms with Crippen LogP contribution in [0.1, 0.15) is 34.9 Å². The molecule has 0 fully saturated rings. The Morgan fingerprint density at radius 2 is 1.38 bits per heavy atom. The Hall–Kier alpha value is -9.91. The van der Waals surface area contributed by atoms with Gasteiger partial charge >= 0.3 is 0 Å². The SMILES string of the molecule is [C-]#[N+]c1cnn(-c2ncccn2)c1NNC(C(=O)Nc1cc(Cl)c(NC(=O)C(N=Nc2c(C#N)cnn2-c2ncccn2)c2nc3ccccc3c(=O)[nH]2)cc1C)c1nc2ccccc2c(=O)[nH]1. The molecular formula is C43H29ClN20O4. The molecule has 0 saturated carbocycles. The summed E-state index contributed by atoms with van der Waals surface area (Å²) in [5.41, 5.74) is 5.92. The van der Waals surface area contributed by atoms with Crippen LogP contribution in [-0.2, 0) is 9.59 Å². The topological polar surface area (TPSA) is 314 Å². The molecule has 2 unspecified atom stereocenters. The number of aromatic amines is 2. The van der Waals surface area contributed by atoms with E-state index in [1.807, 2.05) is 6.07 Å². The number of anilines is 3. The van der Waals surface area contributed by atoms with Crippen molar-refractivity contribution in [2.75, 3.05) is 16.1 Å². The average molecular weight is 925 g/mol. The van der Waals surface area contributed by atoms with E-state index >= 15 is 0 Å². The lowest BCUT2D eigenvalue weighted by Crippen LogP contribution is -2.39. The number of hydrazine groups is 1. The molecule has 3 aromatic carbocycles. The number of nitriles is 1. The molecule has 2 amide bonds. The summed E-state index contributed by atoms with van der Waals surface area (Å²) in [5, 5.41) is 32.7. The lowest BCUT2D eigenvalue weighted by Gasteiger charge is -2.21. The van der Waals surface area contributed by atoms with E-state index in [9.17, 15) is 24.4 Å². The molecule has 25 heteroatoms. The number of halogens is 1. The Morgan fingerprint density at radius 3 is 2.03 bits per heavy atom. The van der Waals surface area contributed by atoms with Crippen LogP contribution < -0.4 is 32.6 Å². The number of H-pyrrole nitrogens is 2. The zero-order valence-corrected chi connectivity index (χ0v) is 35.6. The summed E-state index contributed by atoms with van der Waals surface area (Å²) in [6.45, 7) is 9.35. The van der Waals surface area contributed by atoms with Crippen LogP contribution in [0.15, 0.2) is 130 Å². The Morgan fingerprint density at radius 1 is 0.794 bits per heavy atom. The van der Waals surface area contributed by atoms with Crippen molar-refractivity contribution in [1.29, 1.82) is 5.26 Å². The number of carbonyl (C=O) groups is 2. The molecule has 68 heavy (non-hydrogen) atoms. The minimum Gasteiger partial charge on any atom is -0.324 e. The number of azo groups is 1. The fourth-order valence-corrected chi connectivity index (χ4v) is 6.90. The summed E-state index contributed by atoms with van der Waals surface area (Å²) in [7, 11) is 0. The van der Waals surface area contributed by atoms with Gasteiger partial charge in [-0.15, -0.1) is 5.11 Å². The number of aromatic nitrogens is 12. The first-order valence-corrected chi connectivity index (χ1v) is 20.3. The van der Waals surface area contributed by atoms with Crippen LogP contribution in [0.25, 0.3) is 38.5 Å². The quantitative estimate of drug-likeness (QED) is 0.0488. The highest BCUT2D eigenvalue weighted by Crippen LogP contribution is 2.32. The Bertz CT molecular complexity index is 3650. The number of aryl methyl sites for hydroxylation is 1. The molecule has 0 aliphatic carbocycles. The highest BCUT2D eigenvalue weighted by molar-refractivity contribution is 6.34. The first kappa shape index (κ1) is 43.3. The number of nitrogens with one attached hydrogen (secondary N) is 6. The summed E-state index contributed by atoms with van der Waals surface area (Å²) in [5.74, 6) is -1.74. The van der Waals surface area contributed by atoms with E-state index in [0.29, 0.717) is 11.1 Å². The van der Waals surface area contributed by atoms with Crippen LogP contribution in [0, 0.1) is 24.8 Å². The summed E-state index contributed by atoms with van der Waals surface area (Å²) in [6, 6.07) is 18.0. The molecule has 9 rings (SSSR count). The summed E-state index contributed by atoms with van der Waals surface area (Å²) in [4.78, 5) is 89.7. The van der Waals surface area contributed by atoms with Gasteiger partial charge in [0.25, 0.3) is 34.8 Å². The molecule has 0 radical (unpaired) electrons. The number of benzene rings is 3. The molecule has 24 nitrogen and oxygen atoms in total. The first-order chi connectivity index (χ1) is 33.1. The number of hydrogen-bond donors (Lipinski definition) is 6. The summed E-state index contributed by atoms with van der Waals surface area (Å²) >= 11 is 6.80. The van der Waals surface area contributed by atoms with Crippen molar-refractivity contribution in [3.63, 3.8) is 0 Å². The van der Waals surface area contributed by atoms with Crippen molar-refractivity contribution < 1.29 is 9.59 Å². The van der Waals surface area contributed by atoms with E-state index in [0.717, 1.165) is 4.68 Å². The van der Waals surface area contributed by atoms with E-state index in [1.54, 1.807) is 67.6 Å². The van der Waals surface area contributed by atoms with Crippen molar-refractivity contribution in [3.8, 4) is 18.0 Å². The van der Waals surface area contributed by atoms with Crippen molar-refractivity contribution in [2.45, 2.75) is 19.0 Å². The number of para-hydroxylation sites is 2. The lowest BCUT2D eigenvalue weighted by atomic mass is 10.1. The fourth-order valence-electron chi connectivity index (χ4n) is 6.69. The van der Waals surface area contributed by atoms with Crippen molar-refractivity contribution >= 4 is 73.9 Å². The van der Waals surface area contributed by atoms with Gasteiger partial charge in [0.15, 0.2) is 17.7 Å². The molecule has 0 spiro atoms. The van der Waals surface area contributed by atoms with Gasteiger partial charge in [0.2, 0.25) is 11.7 Å². The molecule has 2 atom stereocenters. The number of hydrogen-bond acceptors (Lipinski definition) is 17. The lowest BCUT2D eigenvalue weighted by molar-refractivity contribution is -0.118. The van der Waals surface area contributed by atoms with Crippen LogP contribution in [0.5, 0.6) is 0 Å². The van der Waals surface area contributed by atoms with Crippen molar-refractivity contribution in [3.05, 3.63) is 170 Å². The summed E-state index contributed by atoms with van der Waals surface area (Å²) < 4.78 is 2.41. The van der Waals surface area contributed by atoms with E-state index in [1.165, 1.54) is 54.0 Å². The van der Waals surface area contributed by atoms with Crippen molar-refractivity contribution in [1.82, 2.24) is 64.9 Å². The molecule has 6 N–H and O–H groups in total. The van der Waals surface area contributed by atoms with Gasteiger partial charge in [0, 0.05) is 30.5 Å². The van der Waals surface area contributed by atoms with Gasteiger partial charge in [0.1, 0.15) is 23.3 Å². The average Bonchev–Trinajstić information content (AvgIpc) is 3.97. The highest BCUT2D eigenvalue weighted by atomic mass is 35.5. The molecule has 0 saturated heterocycles. The number of rotatable bonds is 13. The Balaban J connectivity index is 1.03. The second-order valence-electron chi connectivity index (χ2n) is 14.3. The minimum absolute atomic E-state index is 0.0193. The second kappa shape index (κ2) is 18.7. The molecular weight excluding hydrogens is 896 g/mol. The molecule has 6 heterocycles. The van der Waals surface area contributed by atoms with Gasteiger partial charge < -0.3 is 26.0 Å². The Labute approximate surface area is 385 Å². The highest BCUT2D eigenvalue weighted by Gasteiger charge is 2.29. The minimum atomic E-state index is -1.64. The number of amides is 2. The van der Waals surface area contributed by atoms with Crippen LogP contribution in [0.2, 0.25) is 5.02 Å². The van der Waals surface area contributed by atoms with Crippen LogP contribution >= 0.6 is 11.6 Å². The molecule has 6 aromatic heterocycles. The van der Waals surface area contributed by atoms with Gasteiger partial charge in [-0.2, -0.15) is 29.9 Å². The predicted molar refractivity (Wildman–Crippen MR) is 244 cm³/mol. The maximum atomic E-state index is 14.4. The van der Waals surface area contributed by atoms with Gasteiger partial charge in [-0.05, 0) is 61.0 Å². The molecule has 9 aromatic rings. The molecule has 0 aliphatic rings. The fraction of sp³-hybridized carbons (Fsp3) is 0.0698. The maximum Gasteiger partial charge on any atom is 0.259 e. The smallest absolute Gasteiger partial charge is 0.259 e. The normalized spacial score (nSPS) is 12.1. The zero-order chi connectivity index (χ0) is 47.3. The monoisotopic (exact) mass is 924 g/mol.